The Hall–Kier alpha value is -1.06. The highest BCUT2D eigenvalue weighted by atomic mass is 16.2. The molecule has 0 aromatic heterocycles. The van der Waals surface area contributed by atoms with Gasteiger partial charge < -0.3 is 0 Å². The van der Waals surface area contributed by atoms with Crippen molar-refractivity contribution in [2.75, 3.05) is 13.1 Å². The molecular weight excluding hydrogens is 204 g/mol. The second-order valence-corrected chi connectivity index (χ2v) is 4.28. The van der Waals surface area contributed by atoms with E-state index in [4.69, 9.17) is 0 Å². The molecule has 1 saturated heterocycles. The van der Waals surface area contributed by atoms with Crippen LogP contribution in [0, 0.1) is 0 Å². The number of rotatable bonds is 8. The van der Waals surface area contributed by atoms with Crippen LogP contribution in [0.15, 0.2) is 0 Å². The monoisotopic (exact) mass is 226 g/mol. The van der Waals surface area contributed by atoms with Crippen molar-refractivity contribution in [1.82, 2.24) is 9.80 Å². The lowest BCUT2D eigenvalue weighted by molar-refractivity contribution is 0.104. The Balaban J connectivity index is 2.23. The van der Waals surface area contributed by atoms with E-state index in [1.165, 1.54) is 9.80 Å². The number of carbonyl (C=O) groups is 2. The van der Waals surface area contributed by atoms with Crippen molar-refractivity contribution in [2.45, 2.75) is 52.4 Å². The predicted molar refractivity (Wildman–Crippen MR) is 63.3 cm³/mol. The molecular formula is C12H22N2O2. The summed E-state index contributed by atoms with van der Waals surface area (Å²) in [4.78, 5) is 25.9. The summed E-state index contributed by atoms with van der Waals surface area (Å²) in [6.07, 6.45) is 6.22. The van der Waals surface area contributed by atoms with Crippen molar-refractivity contribution in [3.63, 3.8) is 0 Å². The van der Waals surface area contributed by atoms with Crippen molar-refractivity contribution in [1.29, 1.82) is 0 Å². The first-order chi connectivity index (χ1) is 7.72. The summed E-state index contributed by atoms with van der Waals surface area (Å²) in [6.45, 7) is 5.40. The van der Waals surface area contributed by atoms with E-state index < -0.39 is 0 Å². The minimum Gasteiger partial charge on any atom is -0.247 e. The average Bonchev–Trinajstić information content (AvgIpc) is 2.30. The van der Waals surface area contributed by atoms with Crippen LogP contribution in [0.25, 0.3) is 0 Å². The van der Waals surface area contributed by atoms with E-state index in [1.54, 1.807) is 0 Å². The third-order valence-corrected chi connectivity index (χ3v) is 2.89. The van der Waals surface area contributed by atoms with Gasteiger partial charge in [0.15, 0.2) is 0 Å². The van der Waals surface area contributed by atoms with Crippen LogP contribution >= 0.6 is 0 Å². The van der Waals surface area contributed by atoms with Crippen LogP contribution < -0.4 is 0 Å². The summed E-state index contributed by atoms with van der Waals surface area (Å²) in [5.41, 5.74) is 0. The minimum atomic E-state index is -0.0998. The number of imide groups is 2. The molecule has 92 valence electrons. The van der Waals surface area contributed by atoms with Crippen molar-refractivity contribution in [3.05, 3.63) is 0 Å². The molecule has 1 aliphatic rings. The van der Waals surface area contributed by atoms with Gasteiger partial charge in [-0.15, -0.1) is 0 Å². The van der Waals surface area contributed by atoms with Crippen LogP contribution in [0.5, 0.6) is 0 Å². The number of nitrogens with zero attached hydrogens (tertiary/aromatic N) is 2. The van der Waals surface area contributed by atoms with Crippen molar-refractivity contribution in [3.8, 4) is 0 Å². The fourth-order valence-corrected chi connectivity index (χ4v) is 1.83. The Kier molecular flexibility index (Phi) is 5.29. The quantitative estimate of drug-likeness (QED) is 0.596. The maximum absolute atomic E-state index is 11.6. The molecule has 4 heteroatoms. The molecule has 0 radical (unpaired) electrons. The normalized spacial score (nSPS) is 15.6. The van der Waals surface area contributed by atoms with Crippen LogP contribution in [-0.2, 0) is 0 Å². The second-order valence-electron chi connectivity index (χ2n) is 4.28. The smallest absolute Gasteiger partial charge is 0.247 e. The van der Waals surface area contributed by atoms with Crippen molar-refractivity contribution >= 4 is 12.1 Å². The summed E-state index contributed by atoms with van der Waals surface area (Å²) >= 11 is 0. The fraction of sp³-hybridized carbons (Fsp3) is 0.833. The molecule has 16 heavy (non-hydrogen) atoms. The molecule has 0 unspecified atom stereocenters. The molecule has 1 rings (SSSR count). The first kappa shape index (κ1) is 13.0. The molecule has 1 fully saturated rings. The summed E-state index contributed by atoms with van der Waals surface area (Å²) in [7, 11) is 0. The Labute approximate surface area is 97.6 Å². The zero-order valence-corrected chi connectivity index (χ0v) is 10.4. The Morgan fingerprint density at radius 1 is 0.750 bits per heavy atom. The number of amides is 4. The lowest BCUT2D eigenvalue weighted by Gasteiger charge is -2.39. The van der Waals surface area contributed by atoms with Crippen molar-refractivity contribution < 1.29 is 9.59 Å². The molecule has 4 nitrogen and oxygen atoms in total. The van der Waals surface area contributed by atoms with Gasteiger partial charge in [-0.05, 0) is 12.8 Å². The van der Waals surface area contributed by atoms with Crippen LogP contribution in [0.1, 0.15) is 52.4 Å². The van der Waals surface area contributed by atoms with E-state index in [9.17, 15) is 9.59 Å². The maximum atomic E-state index is 11.6. The Bertz CT molecular complexity index is 215. The van der Waals surface area contributed by atoms with Gasteiger partial charge in [0.05, 0.1) is 0 Å². The van der Waals surface area contributed by atoms with Crippen LogP contribution in [0.2, 0.25) is 0 Å². The fourth-order valence-electron chi connectivity index (χ4n) is 1.83. The number of unbranched alkanes of at least 4 members (excludes halogenated alkanes) is 4. The van der Waals surface area contributed by atoms with Gasteiger partial charge in [0.25, 0.3) is 0 Å². The number of carbonyl (C=O) groups excluding carboxylic acids is 2. The van der Waals surface area contributed by atoms with E-state index in [2.05, 4.69) is 13.8 Å². The number of hydrogen-bond donors (Lipinski definition) is 0. The largest absolute Gasteiger partial charge is 0.336 e. The third-order valence-electron chi connectivity index (χ3n) is 2.89. The van der Waals surface area contributed by atoms with Crippen LogP contribution in [0.3, 0.4) is 0 Å². The first-order valence-corrected chi connectivity index (χ1v) is 6.35. The van der Waals surface area contributed by atoms with E-state index in [-0.39, 0.29) is 12.1 Å². The highest BCUT2D eigenvalue weighted by Crippen LogP contribution is 2.18. The molecule has 0 aromatic rings. The Morgan fingerprint density at radius 2 is 1.12 bits per heavy atom. The standard InChI is InChI=1S/C12H22N2O2/c1-3-5-7-9-13-11(15)14(12(13)16)10-8-6-4-2/h3-10H2,1-2H3. The second kappa shape index (κ2) is 6.51. The maximum Gasteiger partial charge on any atom is 0.336 e. The van der Waals surface area contributed by atoms with Gasteiger partial charge in [-0.2, -0.15) is 0 Å². The summed E-state index contributed by atoms with van der Waals surface area (Å²) < 4.78 is 0. The van der Waals surface area contributed by atoms with Crippen LogP contribution in [-0.4, -0.2) is 35.0 Å². The molecule has 0 atom stereocenters. The molecule has 0 spiro atoms. The molecule has 1 aliphatic heterocycles. The lowest BCUT2D eigenvalue weighted by atomic mass is 10.2. The van der Waals surface area contributed by atoms with Gasteiger partial charge in [-0.1, -0.05) is 39.5 Å². The molecule has 0 N–H and O–H groups in total. The third kappa shape index (κ3) is 2.97. The summed E-state index contributed by atoms with van der Waals surface area (Å²) in [5, 5.41) is 0. The van der Waals surface area contributed by atoms with E-state index >= 15 is 0 Å². The summed E-state index contributed by atoms with van der Waals surface area (Å²) in [5.74, 6) is 0. The molecule has 0 bridgehead atoms. The predicted octanol–water partition coefficient (Wildman–Crippen LogP) is 3.22. The van der Waals surface area contributed by atoms with Gasteiger partial charge in [-0.25, -0.2) is 19.4 Å². The summed E-state index contributed by atoms with van der Waals surface area (Å²) in [6, 6.07) is -0.200. The van der Waals surface area contributed by atoms with Gasteiger partial charge in [0.1, 0.15) is 0 Å². The lowest BCUT2D eigenvalue weighted by Crippen LogP contribution is -2.64. The number of hydrogen-bond acceptors (Lipinski definition) is 2. The van der Waals surface area contributed by atoms with E-state index in [0.29, 0.717) is 13.1 Å². The molecule has 0 aliphatic carbocycles. The minimum absolute atomic E-state index is 0.0998. The highest BCUT2D eigenvalue weighted by molar-refractivity contribution is 6.11. The molecule has 0 saturated carbocycles. The zero-order valence-electron chi connectivity index (χ0n) is 10.4. The Morgan fingerprint density at radius 3 is 1.44 bits per heavy atom. The van der Waals surface area contributed by atoms with Gasteiger partial charge >= 0.3 is 12.1 Å². The first-order valence-electron chi connectivity index (χ1n) is 6.35. The topological polar surface area (TPSA) is 40.6 Å². The molecule has 1 heterocycles. The zero-order chi connectivity index (χ0) is 12.0. The molecule has 0 aromatic carbocycles. The van der Waals surface area contributed by atoms with Gasteiger partial charge in [0.2, 0.25) is 0 Å². The average molecular weight is 226 g/mol. The van der Waals surface area contributed by atoms with Crippen molar-refractivity contribution in [2.24, 2.45) is 0 Å². The van der Waals surface area contributed by atoms with Crippen LogP contribution in [0.4, 0.5) is 9.59 Å². The SMILES string of the molecule is CCCCCN1C(=O)N(CCCCC)C1=O. The van der Waals surface area contributed by atoms with E-state index in [0.717, 1.165) is 38.5 Å². The number of urea groups is 2. The highest BCUT2D eigenvalue weighted by Gasteiger charge is 2.42. The molecule has 4 amide bonds. The van der Waals surface area contributed by atoms with Gasteiger partial charge in [-0.3, -0.25) is 0 Å². The van der Waals surface area contributed by atoms with Gasteiger partial charge in [0, 0.05) is 13.1 Å². The van der Waals surface area contributed by atoms with E-state index in [1.807, 2.05) is 0 Å².